The average molecular weight is 288 g/mol. The van der Waals surface area contributed by atoms with Crippen molar-refractivity contribution < 1.29 is 14.3 Å². The number of aromatic nitrogens is 3. The Labute approximate surface area is 121 Å². The standard InChI is InChI=1S/C14H16N4O3/c1-8-12(17-18-16-8)14(19)15-10-6-9-4-3-5-11(20-2)13(9)21-7-10/h3-5,10H,6-7H2,1-2H3,(H,15,19)(H,16,17,18). The molecule has 1 aromatic carbocycles. The highest BCUT2D eigenvalue weighted by molar-refractivity contribution is 5.93. The lowest BCUT2D eigenvalue weighted by molar-refractivity contribution is 0.0908. The number of rotatable bonds is 3. The van der Waals surface area contributed by atoms with E-state index in [2.05, 4.69) is 20.7 Å². The van der Waals surface area contributed by atoms with Crippen LogP contribution in [0.3, 0.4) is 0 Å². The maximum absolute atomic E-state index is 12.1. The number of H-pyrrole nitrogens is 1. The van der Waals surface area contributed by atoms with E-state index in [1.54, 1.807) is 14.0 Å². The Morgan fingerprint density at radius 3 is 3.05 bits per heavy atom. The van der Waals surface area contributed by atoms with Gasteiger partial charge in [0, 0.05) is 5.56 Å². The van der Waals surface area contributed by atoms with E-state index >= 15 is 0 Å². The molecule has 7 heteroatoms. The number of carbonyl (C=O) groups excluding carboxylic acids is 1. The van der Waals surface area contributed by atoms with Gasteiger partial charge in [-0.1, -0.05) is 12.1 Å². The molecular formula is C14H16N4O3. The third-order valence-corrected chi connectivity index (χ3v) is 3.45. The summed E-state index contributed by atoms with van der Waals surface area (Å²) in [5.74, 6) is 1.22. The number of benzene rings is 1. The summed E-state index contributed by atoms with van der Waals surface area (Å²) in [6.45, 7) is 2.13. The summed E-state index contributed by atoms with van der Waals surface area (Å²) in [4.78, 5) is 12.1. The predicted octanol–water partition coefficient (Wildman–Crippen LogP) is 0.855. The molecule has 2 heterocycles. The van der Waals surface area contributed by atoms with E-state index < -0.39 is 0 Å². The fraction of sp³-hybridized carbons (Fsp3) is 0.357. The first kappa shape index (κ1) is 13.4. The molecule has 0 spiro atoms. The molecule has 2 N–H and O–H groups in total. The summed E-state index contributed by atoms with van der Waals surface area (Å²) in [5, 5.41) is 13.0. The summed E-state index contributed by atoms with van der Waals surface area (Å²) in [6.07, 6.45) is 0.690. The average Bonchev–Trinajstić information content (AvgIpc) is 2.92. The van der Waals surface area contributed by atoms with Crippen LogP contribution in [0, 0.1) is 6.92 Å². The molecule has 1 aliphatic heterocycles. The molecule has 0 saturated heterocycles. The molecular weight excluding hydrogens is 272 g/mol. The van der Waals surface area contributed by atoms with Crippen LogP contribution < -0.4 is 14.8 Å². The number of fused-ring (bicyclic) bond motifs is 1. The third kappa shape index (κ3) is 2.54. The second kappa shape index (κ2) is 5.43. The number of nitrogens with one attached hydrogen (secondary N) is 2. The van der Waals surface area contributed by atoms with Crippen molar-refractivity contribution in [3.05, 3.63) is 35.2 Å². The zero-order chi connectivity index (χ0) is 14.8. The van der Waals surface area contributed by atoms with Gasteiger partial charge in [-0.3, -0.25) is 4.79 Å². The highest BCUT2D eigenvalue weighted by atomic mass is 16.5. The lowest BCUT2D eigenvalue weighted by atomic mass is 10.0. The van der Waals surface area contributed by atoms with Crippen LogP contribution in [0.25, 0.3) is 0 Å². The molecule has 3 rings (SSSR count). The van der Waals surface area contributed by atoms with Crippen molar-refractivity contribution in [2.24, 2.45) is 0 Å². The first-order valence-electron chi connectivity index (χ1n) is 6.66. The van der Waals surface area contributed by atoms with Crippen molar-refractivity contribution in [1.29, 1.82) is 0 Å². The van der Waals surface area contributed by atoms with Gasteiger partial charge in [0.1, 0.15) is 6.61 Å². The highest BCUT2D eigenvalue weighted by Gasteiger charge is 2.25. The van der Waals surface area contributed by atoms with Gasteiger partial charge >= 0.3 is 0 Å². The molecule has 7 nitrogen and oxygen atoms in total. The molecule has 1 aromatic heterocycles. The summed E-state index contributed by atoms with van der Waals surface area (Å²) in [5.41, 5.74) is 1.90. The Morgan fingerprint density at radius 2 is 2.33 bits per heavy atom. The Hall–Kier alpha value is -2.57. The van der Waals surface area contributed by atoms with E-state index in [0.29, 0.717) is 30.2 Å². The first-order chi connectivity index (χ1) is 10.2. The fourth-order valence-electron chi connectivity index (χ4n) is 2.40. The zero-order valence-corrected chi connectivity index (χ0v) is 11.8. The Balaban J connectivity index is 1.72. The fourth-order valence-corrected chi connectivity index (χ4v) is 2.40. The van der Waals surface area contributed by atoms with Gasteiger partial charge in [0.05, 0.1) is 18.8 Å². The van der Waals surface area contributed by atoms with Crippen molar-refractivity contribution in [1.82, 2.24) is 20.7 Å². The SMILES string of the molecule is COc1cccc2c1OCC(NC(=O)c1n[nH]nc1C)C2. The van der Waals surface area contributed by atoms with E-state index in [1.165, 1.54) is 0 Å². The molecule has 1 atom stereocenters. The molecule has 1 unspecified atom stereocenters. The molecule has 2 aromatic rings. The maximum atomic E-state index is 12.1. The summed E-state index contributed by atoms with van der Waals surface area (Å²) in [6, 6.07) is 5.63. The van der Waals surface area contributed by atoms with Crippen LogP contribution >= 0.6 is 0 Å². The number of ether oxygens (including phenoxy) is 2. The van der Waals surface area contributed by atoms with E-state index in [1.807, 2.05) is 18.2 Å². The minimum Gasteiger partial charge on any atom is -0.493 e. The molecule has 0 bridgehead atoms. The molecule has 0 fully saturated rings. The quantitative estimate of drug-likeness (QED) is 0.874. The van der Waals surface area contributed by atoms with Gasteiger partial charge in [-0.15, -0.1) is 0 Å². The van der Waals surface area contributed by atoms with Gasteiger partial charge in [-0.05, 0) is 19.4 Å². The Bertz CT molecular complexity index is 668. The van der Waals surface area contributed by atoms with Crippen LogP contribution in [0.2, 0.25) is 0 Å². The van der Waals surface area contributed by atoms with Gasteiger partial charge in [0.2, 0.25) is 0 Å². The lowest BCUT2D eigenvalue weighted by Gasteiger charge is -2.26. The molecule has 0 saturated carbocycles. The van der Waals surface area contributed by atoms with Crippen molar-refractivity contribution in [3.8, 4) is 11.5 Å². The molecule has 21 heavy (non-hydrogen) atoms. The molecule has 1 aliphatic rings. The van der Waals surface area contributed by atoms with Crippen molar-refractivity contribution in [3.63, 3.8) is 0 Å². The van der Waals surface area contributed by atoms with E-state index in [-0.39, 0.29) is 11.9 Å². The van der Waals surface area contributed by atoms with Crippen molar-refractivity contribution in [2.45, 2.75) is 19.4 Å². The van der Waals surface area contributed by atoms with E-state index in [9.17, 15) is 4.79 Å². The zero-order valence-electron chi connectivity index (χ0n) is 11.8. The number of hydrogen-bond donors (Lipinski definition) is 2. The number of amides is 1. The van der Waals surface area contributed by atoms with Crippen LogP contribution in [-0.2, 0) is 6.42 Å². The van der Waals surface area contributed by atoms with Crippen LogP contribution in [0.5, 0.6) is 11.5 Å². The molecule has 0 aliphatic carbocycles. The minimum atomic E-state index is -0.249. The normalized spacial score (nSPS) is 16.8. The number of methoxy groups -OCH3 is 1. The van der Waals surface area contributed by atoms with Crippen molar-refractivity contribution >= 4 is 5.91 Å². The molecule has 110 valence electrons. The minimum absolute atomic E-state index is 0.104. The summed E-state index contributed by atoms with van der Waals surface area (Å²) >= 11 is 0. The van der Waals surface area contributed by atoms with Gasteiger partial charge in [-0.25, -0.2) is 0 Å². The largest absolute Gasteiger partial charge is 0.493 e. The number of hydrogen-bond acceptors (Lipinski definition) is 5. The molecule has 0 radical (unpaired) electrons. The first-order valence-corrected chi connectivity index (χ1v) is 6.66. The van der Waals surface area contributed by atoms with Gasteiger partial charge in [-0.2, -0.15) is 15.4 Å². The number of nitrogens with zero attached hydrogens (tertiary/aromatic N) is 2. The smallest absolute Gasteiger partial charge is 0.274 e. The monoisotopic (exact) mass is 288 g/mol. The Kier molecular flexibility index (Phi) is 3.47. The third-order valence-electron chi connectivity index (χ3n) is 3.45. The number of carbonyl (C=O) groups is 1. The second-order valence-electron chi connectivity index (χ2n) is 4.89. The predicted molar refractivity (Wildman–Crippen MR) is 74.6 cm³/mol. The van der Waals surface area contributed by atoms with Crippen LogP contribution in [-0.4, -0.2) is 41.1 Å². The van der Waals surface area contributed by atoms with E-state index in [4.69, 9.17) is 9.47 Å². The summed E-state index contributed by atoms with van der Waals surface area (Å²) in [7, 11) is 1.61. The Morgan fingerprint density at radius 1 is 1.48 bits per heavy atom. The van der Waals surface area contributed by atoms with E-state index in [0.717, 1.165) is 11.3 Å². The highest BCUT2D eigenvalue weighted by Crippen LogP contribution is 2.34. The second-order valence-corrected chi connectivity index (χ2v) is 4.89. The van der Waals surface area contributed by atoms with Gasteiger partial charge < -0.3 is 14.8 Å². The van der Waals surface area contributed by atoms with Gasteiger partial charge in [0.25, 0.3) is 5.91 Å². The molecule has 1 amide bonds. The van der Waals surface area contributed by atoms with Crippen LogP contribution in [0.4, 0.5) is 0 Å². The maximum Gasteiger partial charge on any atom is 0.274 e. The number of aromatic amines is 1. The lowest BCUT2D eigenvalue weighted by Crippen LogP contribution is -2.43. The topological polar surface area (TPSA) is 89.1 Å². The summed E-state index contributed by atoms with van der Waals surface area (Å²) < 4.78 is 11.0. The van der Waals surface area contributed by atoms with Crippen LogP contribution in [0.1, 0.15) is 21.7 Å². The number of para-hydroxylation sites is 1. The number of aryl methyl sites for hydroxylation is 1. The van der Waals surface area contributed by atoms with Crippen LogP contribution in [0.15, 0.2) is 18.2 Å². The van der Waals surface area contributed by atoms with Gasteiger partial charge in [0.15, 0.2) is 17.2 Å². The van der Waals surface area contributed by atoms with Crippen molar-refractivity contribution in [2.75, 3.05) is 13.7 Å².